The predicted octanol–water partition coefficient (Wildman–Crippen LogP) is 4.12. The maximum absolute atomic E-state index is 13.4. The summed E-state index contributed by atoms with van der Waals surface area (Å²) in [6.07, 6.45) is 3.94. The van der Waals surface area contributed by atoms with Crippen molar-refractivity contribution in [2.45, 2.75) is 44.7 Å². The summed E-state index contributed by atoms with van der Waals surface area (Å²) >= 11 is 0. The van der Waals surface area contributed by atoms with Gasteiger partial charge < -0.3 is 10.4 Å². The van der Waals surface area contributed by atoms with Crippen molar-refractivity contribution in [2.75, 3.05) is 0 Å². The second kappa shape index (κ2) is 11.1. The van der Waals surface area contributed by atoms with Gasteiger partial charge in [-0.2, -0.15) is 0 Å². The summed E-state index contributed by atoms with van der Waals surface area (Å²) in [7, 11) is 0. The Kier molecular flexibility index (Phi) is 8.02. The SMILES string of the molecule is O=C(O)CC(NC(=O)CCCCCn1cc(-c2ccc(F)c(F)c2)nn1)c1ccccc1. The Morgan fingerprint density at radius 1 is 1.03 bits per heavy atom. The number of benzene rings is 2. The van der Waals surface area contributed by atoms with E-state index in [2.05, 4.69) is 15.6 Å². The van der Waals surface area contributed by atoms with E-state index in [1.807, 2.05) is 6.07 Å². The lowest BCUT2D eigenvalue weighted by atomic mass is 10.0. The number of carbonyl (C=O) groups excluding carboxylic acids is 1. The van der Waals surface area contributed by atoms with E-state index in [9.17, 15) is 18.4 Å². The van der Waals surface area contributed by atoms with Gasteiger partial charge in [-0.3, -0.25) is 14.3 Å². The van der Waals surface area contributed by atoms with Gasteiger partial charge in [-0.15, -0.1) is 5.10 Å². The monoisotopic (exact) mass is 442 g/mol. The first-order valence-electron chi connectivity index (χ1n) is 10.3. The number of amides is 1. The zero-order chi connectivity index (χ0) is 22.9. The van der Waals surface area contributed by atoms with Gasteiger partial charge in [0.1, 0.15) is 5.69 Å². The zero-order valence-corrected chi connectivity index (χ0v) is 17.4. The lowest BCUT2D eigenvalue weighted by Crippen LogP contribution is -2.30. The normalized spacial score (nSPS) is 11.8. The van der Waals surface area contributed by atoms with Crippen molar-refractivity contribution >= 4 is 11.9 Å². The third-order valence-corrected chi connectivity index (χ3v) is 4.96. The first-order valence-corrected chi connectivity index (χ1v) is 10.3. The highest BCUT2D eigenvalue weighted by Gasteiger charge is 2.17. The molecule has 0 spiro atoms. The average Bonchev–Trinajstić information content (AvgIpc) is 3.24. The summed E-state index contributed by atoms with van der Waals surface area (Å²) < 4.78 is 28.0. The van der Waals surface area contributed by atoms with E-state index in [1.165, 1.54) is 6.07 Å². The molecule has 3 aromatic rings. The number of aromatic nitrogens is 3. The van der Waals surface area contributed by atoms with Crippen LogP contribution in [0.2, 0.25) is 0 Å². The number of hydrogen-bond donors (Lipinski definition) is 2. The minimum atomic E-state index is -0.977. The van der Waals surface area contributed by atoms with Crippen molar-refractivity contribution in [1.29, 1.82) is 0 Å². The molecule has 0 aliphatic carbocycles. The van der Waals surface area contributed by atoms with Crippen molar-refractivity contribution < 1.29 is 23.5 Å². The molecule has 0 bridgehead atoms. The van der Waals surface area contributed by atoms with Crippen molar-refractivity contribution in [3.63, 3.8) is 0 Å². The van der Waals surface area contributed by atoms with Gasteiger partial charge in [0.25, 0.3) is 0 Å². The Bertz CT molecular complexity index is 1060. The van der Waals surface area contributed by atoms with E-state index in [0.29, 0.717) is 30.6 Å². The zero-order valence-electron chi connectivity index (χ0n) is 17.4. The predicted molar refractivity (Wildman–Crippen MR) is 113 cm³/mol. The Morgan fingerprint density at radius 2 is 1.81 bits per heavy atom. The Balaban J connectivity index is 1.41. The fourth-order valence-corrected chi connectivity index (χ4v) is 3.31. The molecule has 1 amide bonds. The van der Waals surface area contributed by atoms with E-state index >= 15 is 0 Å². The summed E-state index contributed by atoms with van der Waals surface area (Å²) in [5.41, 5.74) is 1.65. The van der Waals surface area contributed by atoms with E-state index in [0.717, 1.165) is 30.5 Å². The maximum atomic E-state index is 13.4. The number of nitrogens with zero attached hydrogens (tertiary/aromatic N) is 3. The van der Waals surface area contributed by atoms with Crippen molar-refractivity contribution in [3.8, 4) is 11.3 Å². The Morgan fingerprint density at radius 3 is 2.53 bits per heavy atom. The second-order valence-corrected chi connectivity index (χ2v) is 7.44. The first kappa shape index (κ1) is 23.1. The minimum Gasteiger partial charge on any atom is -0.481 e. The quantitative estimate of drug-likeness (QED) is 0.436. The molecule has 0 saturated heterocycles. The number of carbonyl (C=O) groups is 2. The molecule has 9 heteroatoms. The van der Waals surface area contributed by atoms with Gasteiger partial charge in [-0.25, -0.2) is 8.78 Å². The van der Waals surface area contributed by atoms with E-state index in [-0.39, 0.29) is 12.3 Å². The van der Waals surface area contributed by atoms with Crippen LogP contribution in [0.1, 0.15) is 43.7 Å². The van der Waals surface area contributed by atoms with Gasteiger partial charge in [-0.1, -0.05) is 42.0 Å². The van der Waals surface area contributed by atoms with Crippen LogP contribution in [-0.4, -0.2) is 32.0 Å². The van der Waals surface area contributed by atoms with Crippen molar-refractivity contribution in [1.82, 2.24) is 20.3 Å². The topological polar surface area (TPSA) is 97.1 Å². The molecule has 7 nitrogen and oxygen atoms in total. The van der Waals surface area contributed by atoms with Gasteiger partial charge in [0.15, 0.2) is 11.6 Å². The lowest BCUT2D eigenvalue weighted by molar-refractivity contribution is -0.137. The van der Waals surface area contributed by atoms with Gasteiger partial charge in [0.05, 0.1) is 18.7 Å². The molecule has 0 aliphatic heterocycles. The van der Waals surface area contributed by atoms with Gasteiger partial charge in [-0.05, 0) is 36.6 Å². The first-order chi connectivity index (χ1) is 15.4. The van der Waals surface area contributed by atoms with Crippen LogP contribution >= 0.6 is 0 Å². The Labute approximate surface area is 184 Å². The highest BCUT2D eigenvalue weighted by Crippen LogP contribution is 2.19. The molecule has 3 rings (SSSR count). The third-order valence-electron chi connectivity index (χ3n) is 4.96. The smallest absolute Gasteiger partial charge is 0.305 e. The molecule has 2 aromatic carbocycles. The maximum Gasteiger partial charge on any atom is 0.305 e. The van der Waals surface area contributed by atoms with E-state index < -0.39 is 23.6 Å². The van der Waals surface area contributed by atoms with Crippen LogP contribution in [0.3, 0.4) is 0 Å². The molecule has 1 atom stereocenters. The van der Waals surface area contributed by atoms with Crippen molar-refractivity contribution in [3.05, 3.63) is 71.9 Å². The van der Waals surface area contributed by atoms with Crippen LogP contribution in [0.25, 0.3) is 11.3 Å². The molecule has 32 heavy (non-hydrogen) atoms. The second-order valence-electron chi connectivity index (χ2n) is 7.44. The van der Waals surface area contributed by atoms with Crippen LogP contribution in [0.5, 0.6) is 0 Å². The summed E-state index contributed by atoms with van der Waals surface area (Å²) in [6.45, 7) is 0.573. The number of carboxylic acids is 1. The van der Waals surface area contributed by atoms with Crippen LogP contribution < -0.4 is 5.32 Å². The molecule has 1 unspecified atom stereocenters. The van der Waals surface area contributed by atoms with Gasteiger partial charge >= 0.3 is 5.97 Å². The fraction of sp³-hybridized carbons (Fsp3) is 0.304. The van der Waals surface area contributed by atoms with Crippen molar-refractivity contribution in [2.24, 2.45) is 0 Å². The summed E-state index contributed by atoms with van der Waals surface area (Å²) in [4.78, 5) is 23.4. The largest absolute Gasteiger partial charge is 0.481 e. The summed E-state index contributed by atoms with van der Waals surface area (Å²) in [5.74, 6) is -3.02. The molecule has 0 aliphatic rings. The van der Waals surface area contributed by atoms with E-state index in [4.69, 9.17) is 5.11 Å². The Hall–Kier alpha value is -3.62. The standard InChI is InChI=1S/C23H24F2N4O3/c24-18-11-10-17(13-19(18)25)21-15-29(28-27-21)12-6-2-5-9-22(30)26-20(14-23(31)32)16-7-3-1-4-8-16/h1,3-4,7-8,10-11,13,15,20H,2,5-6,9,12,14H2,(H,26,30)(H,31,32). The molecule has 0 saturated carbocycles. The van der Waals surface area contributed by atoms with Crippen LogP contribution in [-0.2, 0) is 16.1 Å². The van der Waals surface area contributed by atoms with Gasteiger partial charge in [0, 0.05) is 18.5 Å². The van der Waals surface area contributed by atoms with Gasteiger partial charge in [0.2, 0.25) is 5.91 Å². The number of aliphatic carboxylic acids is 1. The average molecular weight is 442 g/mol. The molecular weight excluding hydrogens is 418 g/mol. The highest BCUT2D eigenvalue weighted by atomic mass is 19.2. The minimum absolute atomic E-state index is 0.178. The van der Waals surface area contributed by atoms with Crippen LogP contribution in [0.4, 0.5) is 8.78 Å². The molecular formula is C23H24F2N4O3. The number of carboxylic acid groups (broad SMARTS) is 1. The molecule has 168 valence electrons. The van der Waals surface area contributed by atoms with E-state index in [1.54, 1.807) is 35.1 Å². The molecule has 1 aromatic heterocycles. The third kappa shape index (κ3) is 6.69. The number of nitrogens with one attached hydrogen (secondary N) is 1. The lowest BCUT2D eigenvalue weighted by Gasteiger charge is -2.17. The number of unbranched alkanes of at least 4 members (excludes halogenated alkanes) is 2. The molecule has 2 N–H and O–H groups in total. The van der Waals surface area contributed by atoms with Crippen LogP contribution in [0, 0.1) is 11.6 Å². The summed E-state index contributed by atoms with van der Waals surface area (Å²) in [5, 5.41) is 19.9. The number of aryl methyl sites for hydroxylation is 1. The highest BCUT2D eigenvalue weighted by molar-refractivity contribution is 5.77. The van der Waals surface area contributed by atoms with Crippen LogP contribution in [0.15, 0.2) is 54.7 Å². The summed E-state index contributed by atoms with van der Waals surface area (Å²) in [6, 6.07) is 12.0. The molecule has 0 fully saturated rings. The number of rotatable bonds is 11. The fourth-order valence-electron chi connectivity index (χ4n) is 3.31. The molecule has 0 radical (unpaired) electrons. The molecule has 1 heterocycles. The number of halogens is 2. The number of hydrogen-bond acceptors (Lipinski definition) is 4.